The maximum Gasteiger partial charge on any atom is 0.271 e. The van der Waals surface area contributed by atoms with E-state index in [0.717, 1.165) is 24.4 Å². The van der Waals surface area contributed by atoms with Gasteiger partial charge in [-0.25, -0.2) is 0 Å². The van der Waals surface area contributed by atoms with Crippen molar-refractivity contribution in [3.8, 4) is 5.69 Å². The molecule has 0 bridgehead atoms. The van der Waals surface area contributed by atoms with Crippen LogP contribution < -0.4 is 16.2 Å². The van der Waals surface area contributed by atoms with Gasteiger partial charge < -0.3 is 5.32 Å². The van der Waals surface area contributed by atoms with Gasteiger partial charge >= 0.3 is 0 Å². The molecule has 0 atom stereocenters. The molecule has 3 N–H and O–H groups in total. The van der Waals surface area contributed by atoms with E-state index in [2.05, 4.69) is 26.4 Å². The third-order valence-electron chi connectivity index (χ3n) is 4.79. The number of carbonyl (C=O) groups is 3. The van der Waals surface area contributed by atoms with Crippen LogP contribution in [-0.4, -0.2) is 38.2 Å². The van der Waals surface area contributed by atoms with Crippen molar-refractivity contribution in [2.75, 3.05) is 11.1 Å². The van der Waals surface area contributed by atoms with Gasteiger partial charge in [-0.2, -0.15) is 0 Å². The van der Waals surface area contributed by atoms with E-state index in [9.17, 15) is 14.4 Å². The van der Waals surface area contributed by atoms with Crippen LogP contribution in [0, 0.1) is 0 Å². The predicted octanol–water partition coefficient (Wildman–Crippen LogP) is 3.31. The number of amides is 3. The summed E-state index contributed by atoms with van der Waals surface area (Å²) in [4.78, 5) is 36.0. The van der Waals surface area contributed by atoms with E-state index in [4.69, 9.17) is 11.6 Å². The maximum atomic E-state index is 12.3. The molecule has 4 rings (SSSR count). The van der Waals surface area contributed by atoms with Crippen molar-refractivity contribution >= 4 is 46.8 Å². The molecular formula is C22H21ClN6O3S. The number of halogens is 1. The number of nitrogens with zero attached hydrogens (tertiary/aromatic N) is 3. The van der Waals surface area contributed by atoms with Crippen LogP contribution in [0.1, 0.15) is 41.9 Å². The van der Waals surface area contributed by atoms with Gasteiger partial charge in [-0.05, 0) is 43.2 Å². The van der Waals surface area contributed by atoms with Crippen LogP contribution >= 0.6 is 23.4 Å². The molecule has 9 nitrogen and oxygen atoms in total. The standard InChI is InChI=1S/C22H21ClN6O3S/c1-13(30)24-15-5-4-6-16(11-15)29-20(14-9-10-14)26-28-22(29)33-12-19(31)25-27-21(32)17-7-2-3-8-18(17)23/h2-8,11,14H,9-10,12H2,1H3,(H,24,30)(H,25,31)(H,27,32). The summed E-state index contributed by atoms with van der Waals surface area (Å²) in [7, 11) is 0. The van der Waals surface area contributed by atoms with Crippen LogP contribution in [0.4, 0.5) is 5.69 Å². The number of nitrogens with one attached hydrogen (secondary N) is 3. The number of carbonyl (C=O) groups excluding carboxylic acids is 3. The van der Waals surface area contributed by atoms with Crippen LogP contribution in [-0.2, 0) is 9.59 Å². The van der Waals surface area contributed by atoms with Crippen LogP contribution in [0.2, 0.25) is 5.02 Å². The summed E-state index contributed by atoms with van der Waals surface area (Å²) < 4.78 is 1.91. The molecule has 170 valence electrons. The monoisotopic (exact) mass is 484 g/mol. The molecule has 0 spiro atoms. The van der Waals surface area contributed by atoms with Crippen LogP contribution in [0.3, 0.4) is 0 Å². The van der Waals surface area contributed by atoms with Gasteiger partial charge in [-0.15, -0.1) is 10.2 Å². The number of hydrazine groups is 1. The van der Waals surface area contributed by atoms with E-state index in [1.807, 2.05) is 22.8 Å². The molecule has 1 saturated carbocycles. The van der Waals surface area contributed by atoms with Crippen molar-refractivity contribution in [1.82, 2.24) is 25.6 Å². The molecule has 0 saturated heterocycles. The molecule has 2 aromatic carbocycles. The second-order valence-electron chi connectivity index (χ2n) is 7.45. The van der Waals surface area contributed by atoms with Gasteiger partial charge in [0.1, 0.15) is 5.82 Å². The first-order chi connectivity index (χ1) is 15.9. The fraction of sp³-hybridized carbons (Fsp3) is 0.227. The van der Waals surface area contributed by atoms with Gasteiger partial charge in [0.25, 0.3) is 5.91 Å². The second-order valence-corrected chi connectivity index (χ2v) is 8.80. The Balaban J connectivity index is 1.44. The van der Waals surface area contributed by atoms with Gasteiger partial charge in [0.15, 0.2) is 5.16 Å². The van der Waals surface area contributed by atoms with Crippen LogP contribution in [0.5, 0.6) is 0 Å². The van der Waals surface area contributed by atoms with Gasteiger partial charge in [-0.3, -0.25) is 29.8 Å². The van der Waals surface area contributed by atoms with Crippen molar-refractivity contribution < 1.29 is 14.4 Å². The lowest BCUT2D eigenvalue weighted by Gasteiger charge is -2.12. The average molecular weight is 485 g/mol. The zero-order valence-corrected chi connectivity index (χ0v) is 19.2. The lowest BCUT2D eigenvalue weighted by Crippen LogP contribution is -2.42. The second kappa shape index (κ2) is 10.1. The topological polar surface area (TPSA) is 118 Å². The van der Waals surface area contributed by atoms with Crippen molar-refractivity contribution in [2.24, 2.45) is 0 Å². The number of thioether (sulfide) groups is 1. The lowest BCUT2D eigenvalue weighted by molar-refractivity contribution is -0.119. The number of hydrogen-bond acceptors (Lipinski definition) is 6. The summed E-state index contributed by atoms with van der Waals surface area (Å²) in [5.74, 6) is 0.0768. The van der Waals surface area contributed by atoms with Crippen LogP contribution in [0.25, 0.3) is 5.69 Å². The molecule has 1 aliphatic rings. The van der Waals surface area contributed by atoms with E-state index >= 15 is 0 Å². The Morgan fingerprint density at radius 2 is 1.88 bits per heavy atom. The largest absolute Gasteiger partial charge is 0.326 e. The van der Waals surface area contributed by atoms with Crippen molar-refractivity contribution in [1.29, 1.82) is 0 Å². The summed E-state index contributed by atoms with van der Waals surface area (Å²) in [6.07, 6.45) is 2.06. The van der Waals surface area contributed by atoms with E-state index < -0.39 is 11.8 Å². The number of hydrogen-bond donors (Lipinski definition) is 3. The first-order valence-corrected chi connectivity index (χ1v) is 11.6. The summed E-state index contributed by atoms with van der Waals surface area (Å²) in [6, 6.07) is 13.9. The third kappa shape index (κ3) is 5.71. The smallest absolute Gasteiger partial charge is 0.271 e. The van der Waals surface area contributed by atoms with E-state index in [0.29, 0.717) is 21.8 Å². The first-order valence-electron chi connectivity index (χ1n) is 10.2. The minimum Gasteiger partial charge on any atom is -0.326 e. The highest BCUT2D eigenvalue weighted by atomic mass is 35.5. The lowest BCUT2D eigenvalue weighted by atomic mass is 10.2. The zero-order valence-electron chi connectivity index (χ0n) is 17.7. The Kier molecular flexibility index (Phi) is 6.95. The quantitative estimate of drug-likeness (QED) is 0.350. The number of benzene rings is 2. The Hall–Kier alpha value is -3.37. The normalized spacial score (nSPS) is 12.8. The van der Waals surface area contributed by atoms with Crippen molar-refractivity contribution in [3.05, 3.63) is 64.9 Å². The molecule has 3 amide bonds. The molecule has 0 radical (unpaired) electrons. The first kappa shape index (κ1) is 22.8. The molecule has 0 unspecified atom stereocenters. The highest BCUT2D eigenvalue weighted by Crippen LogP contribution is 2.41. The van der Waals surface area contributed by atoms with Gasteiger partial charge in [0, 0.05) is 18.5 Å². The minimum absolute atomic E-state index is 0.0109. The molecule has 1 fully saturated rings. The Bertz CT molecular complexity index is 1210. The van der Waals surface area contributed by atoms with Gasteiger partial charge in [0.05, 0.1) is 22.0 Å². The molecule has 3 aromatic rings. The predicted molar refractivity (Wildman–Crippen MR) is 125 cm³/mol. The van der Waals surface area contributed by atoms with E-state index in [1.165, 1.54) is 18.7 Å². The number of rotatable bonds is 7. The maximum absolute atomic E-state index is 12.3. The van der Waals surface area contributed by atoms with E-state index in [1.54, 1.807) is 30.3 Å². The summed E-state index contributed by atoms with van der Waals surface area (Å²) in [5.41, 5.74) is 6.47. The SMILES string of the molecule is CC(=O)Nc1cccc(-n2c(SCC(=O)NNC(=O)c3ccccc3Cl)nnc2C2CC2)c1. The average Bonchev–Trinajstić information content (AvgIpc) is 3.55. The molecule has 1 aromatic heterocycles. The Labute approximate surface area is 199 Å². The highest BCUT2D eigenvalue weighted by Gasteiger charge is 2.31. The molecule has 0 aliphatic heterocycles. The number of anilines is 1. The zero-order chi connectivity index (χ0) is 23.4. The Morgan fingerprint density at radius 1 is 1.09 bits per heavy atom. The van der Waals surface area contributed by atoms with Crippen LogP contribution in [0.15, 0.2) is 53.7 Å². The Morgan fingerprint density at radius 3 is 2.61 bits per heavy atom. The summed E-state index contributed by atoms with van der Waals surface area (Å²) in [5, 5.41) is 12.2. The number of aromatic nitrogens is 3. The van der Waals surface area contributed by atoms with Crippen molar-refractivity contribution in [2.45, 2.75) is 30.8 Å². The summed E-state index contributed by atoms with van der Waals surface area (Å²) >= 11 is 7.20. The molecule has 1 aliphatic carbocycles. The fourth-order valence-corrected chi connectivity index (χ4v) is 4.14. The highest BCUT2D eigenvalue weighted by molar-refractivity contribution is 7.99. The molecule has 1 heterocycles. The third-order valence-corrected chi connectivity index (χ3v) is 6.05. The minimum atomic E-state index is -0.507. The molecule has 11 heteroatoms. The van der Waals surface area contributed by atoms with Gasteiger partial charge in [0.2, 0.25) is 11.8 Å². The van der Waals surface area contributed by atoms with Crippen molar-refractivity contribution in [3.63, 3.8) is 0 Å². The fourth-order valence-electron chi connectivity index (χ4n) is 3.15. The molecular weight excluding hydrogens is 464 g/mol. The summed E-state index contributed by atoms with van der Waals surface area (Å²) in [6.45, 7) is 1.45. The van der Waals surface area contributed by atoms with Gasteiger partial charge in [-0.1, -0.05) is 41.6 Å². The van der Waals surface area contributed by atoms with E-state index in [-0.39, 0.29) is 17.2 Å². The molecule has 33 heavy (non-hydrogen) atoms.